The number of fused-ring (bicyclic) bond motifs is 2. The first-order valence-corrected chi connectivity index (χ1v) is 10.6. The molecule has 0 aliphatic carbocycles. The molecule has 1 saturated heterocycles. The predicted octanol–water partition coefficient (Wildman–Crippen LogP) is 5.47. The number of rotatable bonds is 0. The number of piperazine rings is 1. The molecule has 32 heavy (non-hydrogen) atoms. The fraction of sp³-hybridized carbons (Fsp3) is 0.417. The number of amides is 1. The summed E-state index contributed by atoms with van der Waals surface area (Å²) in [5.74, 6) is 1.25. The van der Waals surface area contributed by atoms with Crippen LogP contribution in [0.2, 0.25) is 0 Å². The summed E-state index contributed by atoms with van der Waals surface area (Å²) in [6.45, 7) is 9.38. The Bertz CT molecular complexity index is 1070. The fourth-order valence-corrected chi connectivity index (χ4v) is 4.02. The highest BCUT2D eigenvalue weighted by Crippen LogP contribution is 2.42. The quantitative estimate of drug-likeness (QED) is 0.540. The highest BCUT2D eigenvalue weighted by atomic mass is 19.4. The van der Waals surface area contributed by atoms with Gasteiger partial charge in [0.05, 0.1) is 11.1 Å². The van der Waals surface area contributed by atoms with Gasteiger partial charge in [0, 0.05) is 31.1 Å². The molecule has 2 aliphatic heterocycles. The van der Waals surface area contributed by atoms with Crippen molar-refractivity contribution in [2.75, 3.05) is 19.6 Å². The molecule has 1 fully saturated rings. The van der Waals surface area contributed by atoms with E-state index in [1.165, 1.54) is 6.07 Å². The minimum atomic E-state index is -4.47. The van der Waals surface area contributed by atoms with E-state index in [2.05, 4.69) is 4.90 Å². The molecule has 2 aromatic carbocycles. The summed E-state index contributed by atoms with van der Waals surface area (Å²) in [5, 5.41) is 0. The third-order valence-electron chi connectivity index (χ3n) is 5.69. The van der Waals surface area contributed by atoms with Crippen molar-refractivity contribution < 1.29 is 22.7 Å². The lowest BCUT2D eigenvalue weighted by Crippen LogP contribution is -2.57. The lowest BCUT2D eigenvalue weighted by molar-refractivity contribution is -0.143. The van der Waals surface area contributed by atoms with Crippen LogP contribution in [0.3, 0.4) is 0 Å². The first-order chi connectivity index (χ1) is 14.9. The highest BCUT2D eigenvalue weighted by molar-refractivity contribution is 6.04. The van der Waals surface area contributed by atoms with Gasteiger partial charge in [-0.05, 0) is 37.3 Å². The molecule has 1 atom stereocenters. The summed E-state index contributed by atoms with van der Waals surface area (Å²) in [7, 11) is 0. The molecule has 0 aromatic heterocycles. The van der Waals surface area contributed by atoms with E-state index in [9.17, 15) is 18.0 Å². The van der Waals surface area contributed by atoms with Crippen LogP contribution in [0.4, 0.5) is 18.9 Å². The van der Waals surface area contributed by atoms with Gasteiger partial charge in [0.2, 0.25) is 5.91 Å². The molecule has 5 nitrogen and oxygen atoms in total. The molecule has 4 rings (SSSR count). The molecule has 1 unspecified atom stereocenters. The number of amidine groups is 1. The van der Waals surface area contributed by atoms with Crippen LogP contribution in [0.5, 0.6) is 11.5 Å². The summed E-state index contributed by atoms with van der Waals surface area (Å²) in [6, 6.07) is 10.5. The molecule has 170 valence electrons. The monoisotopic (exact) mass is 445 g/mol. The van der Waals surface area contributed by atoms with Gasteiger partial charge >= 0.3 is 6.18 Å². The lowest BCUT2D eigenvalue weighted by Gasteiger charge is -2.43. The van der Waals surface area contributed by atoms with Crippen molar-refractivity contribution in [3.05, 3.63) is 53.6 Å². The first-order valence-electron chi connectivity index (χ1n) is 10.6. The molecule has 0 N–H and O–H groups in total. The van der Waals surface area contributed by atoms with Crippen molar-refractivity contribution in [3.8, 4) is 11.5 Å². The van der Waals surface area contributed by atoms with Gasteiger partial charge in [-0.2, -0.15) is 13.2 Å². The largest absolute Gasteiger partial charge is 0.454 e. The summed E-state index contributed by atoms with van der Waals surface area (Å²) in [5.41, 5.74) is -0.202. The Morgan fingerprint density at radius 2 is 1.78 bits per heavy atom. The van der Waals surface area contributed by atoms with Crippen LogP contribution in [0.25, 0.3) is 0 Å². The number of ether oxygens (including phenoxy) is 1. The van der Waals surface area contributed by atoms with E-state index in [1.54, 1.807) is 12.1 Å². The van der Waals surface area contributed by atoms with Crippen LogP contribution in [-0.4, -0.2) is 47.2 Å². The predicted molar refractivity (Wildman–Crippen MR) is 116 cm³/mol. The van der Waals surface area contributed by atoms with Crippen LogP contribution in [0.1, 0.15) is 38.8 Å². The average Bonchev–Trinajstić information content (AvgIpc) is 2.88. The maximum atomic E-state index is 13.2. The standard InChI is InChI=1S/C24H26F3N3O2/c1-15-14-29(11-12-30(15)22(31)23(2,3)4)21-17-7-5-6-8-19(17)32-20-13-16(24(25,26)27)9-10-18(20)28-21/h5-10,13,15H,11-12,14H2,1-4H3. The van der Waals surface area contributed by atoms with Gasteiger partial charge in [-0.25, -0.2) is 4.99 Å². The maximum absolute atomic E-state index is 13.2. The minimum Gasteiger partial charge on any atom is -0.454 e. The molecule has 1 amide bonds. The first kappa shape index (κ1) is 22.2. The van der Waals surface area contributed by atoms with Crippen LogP contribution < -0.4 is 4.74 Å². The molecule has 0 saturated carbocycles. The third-order valence-corrected chi connectivity index (χ3v) is 5.69. The van der Waals surface area contributed by atoms with E-state index in [0.29, 0.717) is 42.5 Å². The van der Waals surface area contributed by atoms with E-state index in [4.69, 9.17) is 9.73 Å². The Hall–Kier alpha value is -3.03. The second kappa shape index (κ2) is 7.83. The van der Waals surface area contributed by atoms with E-state index >= 15 is 0 Å². The lowest BCUT2D eigenvalue weighted by atomic mass is 9.93. The number of para-hydroxylation sites is 1. The SMILES string of the molecule is CC1CN(C2=Nc3ccc(C(F)(F)F)cc3Oc3ccccc32)CCN1C(=O)C(C)(C)C. The second-order valence-corrected chi connectivity index (χ2v) is 9.26. The number of hydrogen-bond donors (Lipinski definition) is 0. The van der Waals surface area contributed by atoms with Crippen molar-refractivity contribution >= 4 is 17.4 Å². The van der Waals surface area contributed by atoms with Crippen molar-refractivity contribution in [2.45, 2.75) is 39.9 Å². The number of carbonyl (C=O) groups excluding carboxylic acids is 1. The number of carbonyl (C=O) groups is 1. The van der Waals surface area contributed by atoms with Gasteiger partial charge < -0.3 is 14.5 Å². The molecule has 8 heteroatoms. The summed E-state index contributed by atoms with van der Waals surface area (Å²) in [6.07, 6.45) is -4.47. The van der Waals surface area contributed by atoms with Gasteiger partial charge in [0.1, 0.15) is 17.3 Å². The van der Waals surface area contributed by atoms with Crippen molar-refractivity contribution in [1.82, 2.24) is 9.80 Å². The Kier molecular flexibility index (Phi) is 5.43. The second-order valence-electron chi connectivity index (χ2n) is 9.26. The molecule has 2 aliphatic rings. The third kappa shape index (κ3) is 4.18. The maximum Gasteiger partial charge on any atom is 0.416 e. The summed E-state index contributed by atoms with van der Waals surface area (Å²) in [4.78, 5) is 21.5. The van der Waals surface area contributed by atoms with E-state index in [0.717, 1.165) is 12.1 Å². The van der Waals surface area contributed by atoms with Crippen molar-refractivity contribution in [2.24, 2.45) is 10.4 Å². The van der Waals surface area contributed by atoms with Gasteiger partial charge in [-0.3, -0.25) is 4.79 Å². The zero-order valence-electron chi connectivity index (χ0n) is 18.5. The zero-order valence-corrected chi connectivity index (χ0v) is 18.5. The van der Waals surface area contributed by atoms with E-state index < -0.39 is 17.2 Å². The smallest absolute Gasteiger partial charge is 0.416 e. The van der Waals surface area contributed by atoms with Crippen LogP contribution in [0.15, 0.2) is 47.5 Å². The van der Waals surface area contributed by atoms with E-state index in [1.807, 2.05) is 44.7 Å². The van der Waals surface area contributed by atoms with Gasteiger partial charge in [-0.15, -0.1) is 0 Å². The van der Waals surface area contributed by atoms with Crippen molar-refractivity contribution in [3.63, 3.8) is 0 Å². The number of hydrogen-bond acceptors (Lipinski definition) is 4. The van der Waals surface area contributed by atoms with Crippen LogP contribution in [-0.2, 0) is 11.0 Å². The Labute approximate surface area is 185 Å². The van der Waals surface area contributed by atoms with Gasteiger partial charge in [-0.1, -0.05) is 32.9 Å². The normalized spacial score (nSPS) is 18.8. The average molecular weight is 445 g/mol. The molecule has 0 radical (unpaired) electrons. The van der Waals surface area contributed by atoms with Crippen molar-refractivity contribution in [1.29, 1.82) is 0 Å². The Morgan fingerprint density at radius 3 is 2.44 bits per heavy atom. The van der Waals surface area contributed by atoms with Gasteiger partial charge in [0.15, 0.2) is 5.75 Å². The number of nitrogens with zero attached hydrogens (tertiary/aromatic N) is 3. The number of alkyl halides is 3. The minimum absolute atomic E-state index is 0.0402. The summed E-state index contributed by atoms with van der Waals surface area (Å²) >= 11 is 0. The number of halogens is 3. The van der Waals surface area contributed by atoms with E-state index in [-0.39, 0.29) is 17.7 Å². The molecular formula is C24H26F3N3O2. The zero-order chi connectivity index (χ0) is 23.3. The highest BCUT2D eigenvalue weighted by Gasteiger charge is 2.36. The van der Waals surface area contributed by atoms with Crippen LogP contribution >= 0.6 is 0 Å². The number of benzene rings is 2. The molecule has 2 heterocycles. The molecule has 2 aromatic rings. The Morgan fingerprint density at radius 1 is 1.06 bits per heavy atom. The summed E-state index contributed by atoms with van der Waals surface area (Å²) < 4.78 is 45.5. The fourth-order valence-electron chi connectivity index (χ4n) is 4.02. The molecule has 0 spiro atoms. The molecular weight excluding hydrogens is 419 g/mol. The Balaban J connectivity index is 1.71. The van der Waals surface area contributed by atoms with Gasteiger partial charge in [0.25, 0.3) is 0 Å². The van der Waals surface area contributed by atoms with Crippen LogP contribution in [0, 0.1) is 5.41 Å². The molecule has 0 bridgehead atoms. The topological polar surface area (TPSA) is 45.1 Å². The number of aliphatic imine (C=N–C) groups is 1.